The zero-order valence-corrected chi connectivity index (χ0v) is 15.2. The summed E-state index contributed by atoms with van der Waals surface area (Å²) >= 11 is 5.98. The first kappa shape index (κ1) is 17.1. The second-order valence-electron chi connectivity index (χ2n) is 5.95. The van der Waals surface area contributed by atoms with E-state index in [1.165, 1.54) is 4.90 Å². The van der Waals surface area contributed by atoms with E-state index in [0.717, 1.165) is 11.3 Å². The average molecular weight is 356 g/mol. The van der Waals surface area contributed by atoms with Crippen LogP contribution >= 0.6 is 11.6 Å². The van der Waals surface area contributed by atoms with Gasteiger partial charge in [0, 0.05) is 25.5 Å². The molecule has 0 saturated carbocycles. The van der Waals surface area contributed by atoms with Gasteiger partial charge in [0.2, 0.25) is 5.95 Å². The number of nitrogens with zero attached hydrogens (tertiary/aromatic N) is 5. The average Bonchev–Trinajstić information content (AvgIpc) is 2.81. The molecule has 0 aliphatic carbocycles. The van der Waals surface area contributed by atoms with Crippen molar-refractivity contribution in [2.75, 3.05) is 23.9 Å². The lowest BCUT2D eigenvalue weighted by atomic mass is 10.1. The Kier molecular flexibility index (Phi) is 4.55. The molecule has 2 aromatic rings. The van der Waals surface area contributed by atoms with Gasteiger partial charge in [-0.25, -0.2) is 19.9 Å². The Bertz CT molecular complexity index is 867. The quantitative estimate of drug-likeness (QED) is 0.626. The predicted molar refractivity (Wildman–Crippen MR) is 101 cm³/mol. The largest absolute Gasteiger partial charge is 0.378 e. The van der Waals surface area contributed by atoms with Crippen LogP contribution in [-0.4, -0.2) is 35.8 Å². The van der Waals surface area contributed by atoms with E-state index in [2.05, 4.69) is 15.0 Å². The highest BCUT2D eigenvalue weighted by Crippen LogP contribution is 2.24. The van der Waals surface area contributed by atoms with E-state index < -0.39 is 0 Å². The third-order valence-electron chi connectivity index (χ3n) is 3.75. The number of anilines is 2. The van der Waals surface area contributed by atoms with Gasteiger partial charge >= 0.3 is 0 Å². The topological polar surface area (TPSA) is 61.7 Å². The molecule has 1 aliphatic rings. The molecule has 25 heavy (non-hydrogen) atoms. The molecule has 0 unspecified atom stereocenters. The molecule has 2 heterocycles. The second kappa shape index (κ2) is 6.64. The number of hydrogen-bond donors (Lipinski definition) is 0. The van der Waals surface area contributed by atoms with E-state index in [1.54, 1.807) is 26.0 Å². The number of amidine groups is 1. The van der Waals surface area contributed by atoms with Crippen LogP contribution in [0, 0.1) is 6.92 Å². The van der Waals surface area contributed by atoms with Crippen LogP contribution in [0.25, 0.3) is 6.08 Å². The van der Waals surface area contributed by atoms with Gasteiger partial charge in [-0.1, -0.05) is 23.7 Å². The van der Waals surface area contributed by atoms with E-state index in [-0.39, 0.29) is 11.9 Å². The molecule has 1 amide bonds. The van der Waals surface area contributed by atoms with E-state index in [4.69, 9.17) is 11.6 Å². The van der Waals surface area contributed by atoms with Gasteiger partial charge in [0.1, 0.15) is 16.7 Å². The van der Waals surface area contributed by atoms with Crippen LogP contribution < -0.4 is 9.80 Å². The standard InChI is InChI=1S/C18H18ClN5O/c1-11-9-16(19)22-18(20-11)24-12(2)21-15(17(24)25)10-13-5-7-14(8-6-13)23(3)4/h5-10H,1-4H3/b15-10+. The maximum Gasteiger partial charge on any atom is 0.284 e. The van der Waals surface area contributed by atoms with Crippen LogP contribution in [0.3, 0.4) is 0 Å². The smallest absolute Gasteiger partial charge is 0.284 e. The monoisotopic (exact) mass is 355 g/mol. The first-order valence-corrected chi connectivity index (χ1v) is 8.13. The minimum absolute atomic E-state index is 0.239. The van der Waals surface area contributed by atoms with Crippen LogP contribution in [0.2, 0.25) is 5.15 Å². The zero-order chi connectivity index (χ0) is 18.1. The van der Waals surface area contributed by atoms with Gasteiger partial charge in [0.05, 0.1) is 0 Å². The van der Waals surface area contributed by atoms with E-state index >= 15 is 0 Å². The van der Waals surface area contributed by atoms with Gasteiger partial charge in [0.15, 0.2) is 0 Å². The Morgan fingerprint density at radius 2 is 1.80 bits per heavy atom. The maximum atomic E-state index is 12.7. The van der Waals surface area contributed by atoms with Crippen molar-refractivity contribution < 1.29 is 4.79 Å². The molecule has 0 spiro atoms. The number of hydrogen-bond acceptors (Lipinski definition) is 5. The molecule has 1 aliphatic heterocycles. The second-order valence-corrected chi connectivity index (χ2v) is 6.33. The molecule has 0 bridgehead atoms. The Labute approximate surface area is 151 Å². The minimum Gasteiger partial charge on any atom is -0.378 e. The highest BCUT2D eigenvalue weighted by atomic mass is 35.5. The van der Waals surface area contributed by atoms with Gasteiger partial charge in [-0.2, -0.15) is 0 Å². The summed E-state index contributed by atoms with van der Waals surface area (Å²) in [6.45, 7) is 3.54. The molecule has 7 heteroatoms. The number of aliphatic imine (C=N–C) groups is 1. The summed E-state index contributed by atoms with van der Waals surface area (Å²) in [7, 11) is 3.96. The van der Waals surface area contributed by atoms with Crippen molar-refractivity contribution >= 4 is 41.1 Å². The van der Waals surface area contributed by atoms with Crippen molar-refractivity contribution in [1.82, 2.24) is 9.97 Å². The predicted octanol–water partition coefficient (Wildman–Crippen LogP) is 3.31. The highest BCUT2D eigenvalue weighted by molar-refractivity contribution is 6.30. The van der Waals surface area contributed by atoms with Crippen LogP contribution in [-0.2, 0) is 4.79 Å². The third-order valence-corrected chi connectivity index (χ3v) is 3.95. The highest BCUT2D eigenvalue weighted by Gasteiger charge is 2.31. The number of benzene rings is 1. The fourth-order valence-corrected chi connectivity index (χ4v) is 2.74. The lowest BCUT2D eigenvalue weighted by molar-refractivity contribution is -0.113. The van der Waals surface area contributed by atoms with E-state index in [9.17, 15) is 4.79 Å². The number of aryl methyl sites for hydroxylation is 1. The molecule has 1 aromatic carbocycles. The summed E-state index contributed by atoms with van der Waals surface area (Å²) in [6.07, 6.45) is 1.75. The van der Waals surface area contributed by atoms with E-state index in [1.807, 2.05) is 43.3 Å². The molecule has 6 nitrogen and oxygen atoms in total. The SMILES string of the molecule is CC1=N/C(=C/c2ccc(N(C)C)cc2)C(=O)N1c1nc(C)cc(Cl)n1. The molecule has 0 N–H and O–H groups in total. The van der Waals surface area contributed by atoms with Crippen LogP contribution in [0.1, 0.15) is 18.2 Å². The van der Waals surface area contributed by atoms with Crippen LogP contribution in [0.5, 0.6) is 0 Å². The number of rotatable bonds is 3. The van der Waals surface area contributed by atoms with Crippen molar-refractivity contribution in [3.05, 3.63) is 52.4 Å². The fraction of sp³-hybridized carbons (Fsp3) is 0.222. The Morgan fingerprint density at radius 1 is 1.12 bits per heavy atom. The molecule has 0 saturated heterocycles. The molecule has 0 atom stereocenters. The molecule has 1 aromatic heterocycles. The van der Waals surface area contributed by atoms with Crippen molar-refractivity contribution in [2.24, 2.45) is 4.99 Å². The number of aromatic nitrogens is 2. The number of amides is 1. The summed E-state index contributed by atoms with van der Waals surface area (Å²) < 4.78 is 0. The van der Waals surface area contributed by atoms with Crippen LogP contribution in [0.4, 0.5) is 11.6 Å². The Hall–Kier alpha value is -2.73. The summed E-state index contributed by atoms with van der Waals surface area (Å²) in [5, 5.41) is 0.291. The number of carbonyl (C=O) groups is 1. The summed E-state index contributed by atoms with van der Waals surface area (Å²) in [6, 6.07) is 9.51. The first-order chi connectivity index (χ1) is 11.8. The lowest BCUT2D eigenvalue weighted by Gasteiger charge is -2.14. The Balaban J connectivity index is 1.91. The van der Waals surface area contributed by atoms with Crippen LogP contribution in [0.15, 0.2) is 41.0 Å². The molecule has 0 radical (unpaired) electrons. The minimum atomic E-state index is -0.268. The zero-order valence-electron chi connectivity index (χ0n) is 14.5. The molecule has 3 rings (SSSR count). The third kappa shape index (κ3) is 3.53. The van der Waals surface area contributed by atoms with Crippen molar-refractivity contribution in [2.45, 2.75) is 13.8 Å². The van der Waals surface area contributed by atoms with Crippen molar-refractivity contribution in [1.29, 1.82) is 0 Å². The van der Waals surface area contributed by atoms with Crippen molar-refractivity contribution in [3.8, 4) is 0 Å². The lowest BCUT2D eigenvalue weighted by Crippen LogP contribution is -2.32. The maximum absolute atomic E-state index is 12.7. The van der Waals surface area contributed by atoms with Gasteiger partial charge in [-0.15, -0.1) is 0 Å². The van der Waals surface area contributed by atoms with Gasteiger partial charge in [0.25, 0.3) is 5.91 Å². The molecular weight excluding hydrogens is 338 g/mol. The molecular formula is C18H18ClN5O. The first-order valence-electron chi connectivity index (χ1n) is 7.75. The fourth-order valence-electron chi connectivity index (χ4n) is 2.50. The van der Waals surface area contributed by atoms with Gasteiger partial charge in [-0.05, 0) is 43.7 Å². The number of halogens is 1. The summed E-state index contributed by atoms with van der Waals surface area (Å²) in [4.78, 5) is 28.9. The summed E-state index contributed by atoms with van der Waals surface area (Å²) in [5.41, 5.74) is 3.02. The Morgan fingerprint density at radius 3 is 2.40 bits per heavy atom. The number of carbonyl (C=O) groups excluding carboxylic acids is 1. The normalized spacial score (nSPS) is 15.7. The summed E-state index contributed by atoms with van der Waals surface area (Å²) in [5.74, 6) is 0.487. The van der Waals surface area contributed by atoms with Gasteiger partial charge < -0.3 is 4.90 Å². The van der Waals surface area contributed by atoms with Gasteiger partial charge in [-0.3, -0.25) is 4.79 Å². The van der Waals surface area contributed by atoms with E-state index in [0.29, 0.717) is 22.4 Å². The molecule has 128 valence electrons. The molecule has 0 fully saturated rings. The van der Waals surface area contributed by atoms with Crippen molar-refractivity contribution in [3.63, 3.8) is 0 Å².